The molecule has 1 saturated heterocycles. The van der Waals surface area contributed by atoms with E-state index < -0.39 is 26.9 Å². The van der Waals surface area contributed by atoms with E-state index in [2.05, 4.69) is 10.3 Å². The highest BCUT2D eigenvalue weighted by molar-refractivity contribution is 7.92. The van der Waals surface area contributed by atoms with Crippen LogP contribution in [0.25, 0.3) is 21.8 Å². The van der Waals surface area contributed by atoms with E-state index in [0.717, 1.165) is 16.0 Å². The molecular weight excluding hydrogens is 504 g/mol. The fourth-order valence-corrected chi connectivity index (χ4v) is 7.91. The van der Waals surface area contributed by atoms with Crippen LogP contribution in [0.4, 0.5) is 4.79 Å². The van der Waals surface area contributed by atoms with Crippen LogP contribution in [0.3, 0.4) is 0 Å². The highest BCUT2D eigenvalue weighted by Crippen LogP contribution is 2.45. The van der Waals surface area contributed by atoms with Gasteiger partial charge in [-0.2, -0.15) is 0 Å². The van der Waals surface area contributed by atoms with Gasteiger partial charge in [0, 0.05) is 34.4 Å². The van der Waals surface area contributed by atoms with E-state index in [1.54, 1.807) is 17.7 Å². The summed E-state index contributed by atoms with van der Waals surface area (Å²) in [6.07, 6.45) is 2.56. The first-order valence-electron chi connectivity index (χ1n) is 11.5. The first-order valence-corrected chi connectivity index (χ1v) is 13.9. The first kappa shape index (κ1) is 25.9. The molecular formula is C24H28N4O6S2. The van der Waals surface area contributed by atoms with Crippen molar-refractivity contribution >= 4 is 33.1 Å². The molecule has 1 aliphatic rings. The third kappa shape index (κ3) is 5.15. The number of hydrogen-bond donors (Lipinski definition) is 3. The molecule has 12 heteroatoms. The number of aromatic nitrogens is 1. The number of carbonyl (C=O) groups excluding carboxylic acids is 2. The van der Waals surface area contributed by atoms with Crippen LogP contribution in [0, 0.1) is 0 Å². The predicted molar refractivity (Wildman–Crippen MR) is 135 cm³/mol. The molecule has 192 valence electrons. The summed E-state index contributed by atoms with van der Waals surface area (Å²) in [4.78, 5) is 31.6. The van der Waals surface area contributed by atoms with Crippen LogP contribution in [0.15, 0.2) is 53.4 Å². The lowest BCUT2D eigenvalue weighted by Crippen LogP contribution is -2.44. The number of thiophene rings is 1. The van der Waals surface area contributed by atoms with Crippen LogP contribution in [-0.4, -0.2) is 60.3 Å². The third-order valence-electron chi connectivity index (χ3n) is 6.22. The molecule has 2 aromatic heterocycles. The van der Waals surface area contributed by atoms with Gasteiger partial charge in [-0.25, -0.2) is 23.7 Å². The maximum Gasteiger partial charge on any atom is 0.317 e. The largest absolute Gasteiger partial charge is 0.444 e. The van der Waals surface area contributed by atoms with Crippen molar-refractivity contribution in [2.45, 2.75) is 37.5 Å². The van der Waals surface area contributed by atoms with Crippen molar-refractivity contribution in [3.63, 3.8) is 0 Å². The Labute approximate surface area is 213 Å². The minimum Gasteiger partial charge on any atom is -0.444 e. The van der Waals surface area contributed by atoms with Crippen molar-refractivity contribution in [3.8, 4) is 21.8 Å². The van der Waals surface area contributed by atoms with Crippen molar-refractivity contribution < 1.29 is 27.6 Å². The highest BCUT2D eigenvalue weighted by Gasteiger charge is 2.49. The molecule has 0 radical (unpaired) electrons. The Morgan fingerprint density at radius 2 is 1.89 bits per heavy atom. The Morgan fingerprint density at radius 1 is 1.17 bits per heavy atom. The molecule has 0 unspecified atom stereocenters. The van der Waals surface area contributed by atoms with Gasteiger partial charge in [-0.15, -0.1) is 11.3 Å². The number of urea groups is 1. The summed E-state index contributed by atoms with van der Waals surface area (Å²) >= 11 is 1.28. The lowest BCUT2D eigenvalue weighted by atomic mass is 9.97. The van der Waals surface area contributed by atoms with E-state index in [0.29, 0.717) is 10.6 Å². The summed E-state index contributed by atoms with van der Waals surface area (Å²) < 4.78 is 31.1. The number of rotatable bonds is 6. The summed E-state index contributed by atoms with van der Waals surface area (Å²) in [6, 6.07) is 10.7. The van der Waals surface area contributed by atoms with Gasteiger partial charge >= 0.3 is 6.03 Å². The monoisotopic (exact) mass is 532 g/mol. The van der Waals surface area contributed by atoms with Crippen molar-refractivity contribution in [1.29, 1.82) is 0 Å². The van der Waals surface area contributed by atoms with Gasteiger partial charge in [0.25, 0.3) is 0 Å². The number of sulfone groups is 1. The zero-order valence-electron chi connectivity index (χ0n) is 19.9. The molecule has 3 heterocycles. The van der Waals surface area contributed by atoms with Crippen LogP contribution in [0.5, 0.6) is 0 Å². The Balaban J connectivity index is 1.68. The SMILES string of the molecule is CC(C)NC(=O)N1CC[C@](CC(=O)NO)(c2ccc(-c3ccc(-c4cnco4)cc3)s2)S(=O)(=O)CC1. The maximum atomic E-state index is 13.7. The average molecular weight is 533 g/mol. The number of hydrogen-bond acceptors (Lipinski definition) is 8. The van der Waals surface area contributed by atoms with E-state index in [-0.39, 0.29) is 37.3 Å². The summed E-state index contributed by atoms with van der Waals surface area (Å²) in [5, 5.41) is 12.0. The Hall–Kier alpha value is -3.22. The minimum atomic E-state index is -3.88. The summed E-state index contributed by atoms with van der Waals surface area (Å²) in [6.45, 7) is 3.82. The molecule has 36 heavy (non-hydrogen) atoms. The second-order valence-corrected chi connectivity index (χ2v) is 12.5. The summed E-state index contributed by atoms with van der Waals surface area (Å²) in [5.74, 6) is -0.459. The maximum absolute atomic E-state index is 13.7. The second kappa shape index (κ2) is 10.4. The molecule has 0 bridgehead atoms. The third-order valence-corrected chi connectivity index (χ3v) is 10.2. The smallest absolute Gasteiger partial charge is 0.317 e. The van der Waals surface area contributed by atoms with Crippen LogP contribution in [0.1, 0.15) is 31.6 Å². The Kier molecular flexibility index (Phi) is 7.48. The summed E-state index contributed by atoms with van der Waals surface area (Å²) in [5.41, 5.74) is 3.31. The van der Waals surface area contributed by atoms with Crippen molar-refractivity contribution in [3.05, 3.63) is 53.9 Å². The molecule has 1 atom stereocenters. The standard InChI is InChI=1S/C24H28N4O6S2/c1-16(2)26-23(30)28-10-9-24(13-22(29)27-31,36(32,33)12-11-28)21-8-7-20(35-21)18-5-3-17(4-6-18)19-14-25-15-34-19/h3-8,14-16,31H,9-13H2,1-2H3,(H,26,30)(H,27,29)/t24-/m0/s1. The average Bonchev–Trinajstić information content (AvgIpc) is 3.53. The predicted octanol–water partition coefficient (Wildman–Crippen LogP) is 3.40. The van der Waals surface area contributed by atoms with E-state index in [9.17, 15) is 23.2 Å². The van der Waals surface area contributed by atoms with Crippen LogP contribution in [-0.2, 0) is 19.4 Å². The second-order valence-electron chi connectivity index (χ2n) is 8.97. The molecule has 1 aromatic carbocycles. The normalized spacial score (nSPS) is 19.6. The van der Waals surface area contributed by atoms with E-state index in [4.69, 9.17) is 4.42 Å². The lowest BCUT2D eigenvalue weighted by molar-refractivity contribution is -0.129. The minimum absolute atomic E-state index is 0.0186. The molecule has 0 spiro atoms. The Bertz CT molecular complexity index is 1320. The zero-order valence-corrected chi connectivity index (χ0v) is 21.6. The number of carbonyl (C=O) groups is 2. The molecule has 4 rings (SSSR count). The van der Waals surface area contributed by atoms with Gasteiger partial charge in [0.2, 0.25) is 5.91 Å². The first-order chi connectivity index (χ1) is 17.1. The molecule has 3 aromatic rings. The highest BCUT2D eigenvalue weighted by atomic mass is 32.2. The number of oxazole rings is 1. The number of hydroxylamine groups is 1. The van der Waals surface area contributed by atoms with Crippen LogP contribution in [0.2, 0.25) is 0 Å². The number of benzene rings is 1. The van der Waals surface area contributed by atoms with Crippen LogP contribution >= 0.6 is 11.3 Å². The zero-order chi connectivity index (χ0) is 25.9. The fourth-order valence-electron chi connectivity index (χ4n) is 4.31. The summed E-state index contributed by atoms with van der Waals surface area (Å²) in [7, 11) is -3.88. The van der Waals surface area contributed by atoms with Crippen LogP contribution < -0.4 is 10.8 Å². The van der Waals surface area contributed by atoms with E-state index in [1.807, 2.05) is 44.2 Å². The van der Waals surface area contributed by atoms with Gasteiger partial charge in [0.1, 0.15) is 4.75 Å². The van der Waals surface area contributed by atoms with Gasteiger partial charge in [-0.05, 0) is 38.0 Å². The van der Waals surface area contributed by atoms with Gasteiger partial charge in [-0.1, -0.05) is 24.3 Å². The molecule has 10 nitrogen and oxygen atoms in total. The molecule has 1 aliphatic heterocycles. The lowest BCUT2D eigenvalue weighted by Gasteiger charge is -2.30. The topological polar surface area (TPSA) is 142 Å². The molecule has 0 aliphatic carbocycles. The molecule has 0 saturated carbocycles. The quantitative estimate of drug-likeness (QED) is 0.326. The van der Waals surface area contributed by atoms with Gasteiger partial charge in [0.15, 0.2) is 22.0 Å². The van der Waals surface area contributed by atoms with Crippen molar-refractivity contribution in [2.75, 3.05) is 18.8 Å². The van der Waals surface area contributed by atoms with Crippen molar-refractivity contribution in [2.24, 2.45) is 0 Å². The van der Waals surface area contributed by atoms with Gasteiger partial charge in [0.05, 0.1) is 18.4 Å². The number of nitrogens with one attached hydrogen (secondary N) is 2. The number of nitrogens with zero attached hydrogens (tertiary/aromatic N) is 2. The molecule has 1 fully saturated rings. The number of amides is 3. The van der Waals surface area contributed by atoms with E-state index in [1.165, 1.54) is 22.6 Å². The molecule has 3 amide bonds. The Morgan fingerprint density at radius 3 is 2.53 bits per heavy atom. The van der Waals surface area contributed by atoms with E-state index >= 15 is 0 Å². The molecule has 3 N–H and O–H groups in total. The fraction of sp³-hybridized carbons (Fsp3) is 0.375. The van der Waals surface area contributed by atoms with Gasteiger partial charge < -0.3 is 14.6 Å². The van der Waals surface area contributed by atoms with Gasteiger partial charge in [-0.3, -0.25) is 10.0 Å². The van der Waals surface area contributed by atoms with Crippen molar-refractivity contribution in [1.82, 2.24) is 20.7 Å².